The Hall–Kier alpha value is -2.89. The van der Waals surface area contributed by atoms with Gasteiger partial charge in [0.25, 0.3) is 5.91 Å². The molecule has 5 nitrogen and oxygen atoms in total. The first-order chi connectivity index (χ1) is 12.1. The molecule has 132 valence electrons. The summed E-state index contributed by atoms with van der Waals surface area (Å²) in [4.78, 5) is 23.3. The first-order valence-electron chi connectivity index (χ1n) is 8.11. The minimum atomic E-state index is -0.566. The van der Waals surface area contributed by atoms with Gasteiger partial charge in [0.1, 0.15) is 0 Å². The van der Waals surface area contributed by atoms with Crippen LogP contribution in [0, 0.1) is 5.82 Å². The highest BCUT2D eigenvalue weighted by atomic mass is 19.1. The fourth-order valence-corrected chi connectivity index (χ4v) is 2.14. The Labute approximate surface area is 146 Å². The number of hydrogen-bond acceptors (Lipinski definition) is 3. The van der Waals surface area contributed by atoms with Crippen molar-refractivity contribution in [3.63, 3.8) is 0 Å². The summed E-state index contributed by atoms with van der Waals surface area (Å²) in [5.74, 6) is -1.43. The van der Waals surface area contributed by atoms with E-state index in [-0.39, 0.29) is 24.7 Å². The lowest BCUT2D eigenvalue weighted by molar-refractivity contribution is -0.130. The molecule has 0 heterocycles. The fourth-order valence-electron chi connectivity index (χ4n) is 2.14. The third-order valence-electron chi connectivity index (χ3n) is 3.61. The number of halogens is 1. The van der Waals surface area contributed by atoms with Gasteiger partial charge < -0.3 is 4.74 Å². The van der Waals surface area contributed by atoms with E-state index in [1.807, 2.05) is 24.3 Å². The number of aryl methyl sites for hydroxylation is 2. The second-order valence-electron chi connectivity index (χ2n) is 5.49. The van der Waals surface area contributed by atoms with Crippen LogP contribution in [0.25, 0.3) is 0 Å². The average molecular weight is 344 g/mol. The number of para-hydroxylation sites is 1. The molecule has 0 bridgehead atoms. The van der Waals surface area contributed by atoms with Gasteiger partial charge in [-0.05, 0) is 36.1 Å². The van der Waals surface area contributed by atoms with Gasteiger partial charge in [0.05, 0.1) is 0 Å². The molecule has 2 amide bonds. The molecular formula is C19H21FN2O3. The molecule has 0 aromatic heterocycles. The largest absolute Gasteiger partial charge is 0.481 e. The first kappa shape index (κ1) is 18.4. The van der Waals surface area contributed by atoms with Crippen LogP contribution < -0.4 is 15.6 Å². The van der Waals surface area contributed by atoms with E-state index in [9.17, 15) is 14.0 Å². The maximum atomic E-state index is 13.3. The summed E-state index contributed by atoms with van der Waals surface area (Å²) in [6, 6.07) is 13.8. The molecule has 25 heavy (non-hydrogen) atoms. The summed E-state index contributed by atoms with van der Waals surface area (Å²) in [5, 5.41) is 0. The van der Waals surface area contributed by atoms with Crippen molar-refractivity contribution in [1.82, 2.24) is 10.9 Å². The van der Waals surface area contributed by atoms with Crippen LogP contribution in [0.5, 0.6) is 5.75 Å². The van der Waals surface area contributed by atoms with Crippen molar-refractivity contribution in [3.8, 4) is 5.75 Å². The van der Waals surface area contributed by atoms with E-state index < -0.39 is 11.7 Å². The zero-order chi connectivity index (χ0) is 18.1. The number of ether oxygens (including phenoxy) is 1. The smallest absolute Gasteiger partial charge is 0.276 e. The van der Waals surface area contributed by atoms with Crippen LogP contribution in [0.2, 0.25) is 0 Å². The van der Waals surface area contributed by atoms with Crippen LogP contribution in [0.4, 0.5) is 4.39 Å². The first-order valence-corrected chi connectivity index (χ1v) is 8.11. The lowest BCUT2D eigenvalue weighted by Crippen LogP contribution is -2.43. The summed E-state index contributed by atoms with van der Waals surface area (Å²) in [6.45, 7) is 1.70. The highest BCUT2D eigenvalue weighted by Crippen LogP contribution is 2.14. The number of amides is 2. The van der Waals surface area contributed by atoms with Crippen molar-refractivity contribution in [2.45, 2.75) is 26.2 Å². The van der Waals surface area contributed by atoms with E-state index in [0.717, 1.165) is 12.0 Å². The molecule has 0 unspecified atom stereocenters. The minimum Gasteiger partial charge on any atom is -0.481 e. The fraction of sp³-hybridized carbons (Fsp3) is 0.263. The average Bonchev–Trinajstić information content (AvgIpc) is 2.64. The zero-order valence-electron chi connectivity index (χ0n) is 14.0. The van der Waals surface area contributed by atoms with Crippen LogP contribution in [0.3, 0.4) is 0 Å². The van der Waals surface area contributed by atoms with Crippen molar-refractivity contribution in [2.24, 2.45) is 0 Å². The Bertz CT molecular complexity index is 717. The highest BCUT2D eigenvalue weighted by Gasteiger charge is 2.08. The monoisotopic (exact) mass is 344 g/mol. The quantitative estimate of drug-likeness (QED) is 0.759. The maximum absolute atomic E-state index is 13.3. The van der Waals surface area contributed by atoms with E-state index >= 15 is 0 Å². The van der Waals surface area contributed by atoms with Gasteiger partial charge in [-0.3, -0.25) is 20.4 Å². The highest BCUT2D eigenvalue weighted by molar-refractivity contribution is 5.82. The van der Waals surface area contributed by atoms with Crippen molar-refractivity contribution in [2.75, 3.05) is 6.61 Å². The number of carbonyl (C=O) groups excluding carboxylic acids is 2. The number of nitrogens with one attached hydrogen (secondary N) is 2. The van der Waals surface area contributed by atoms with Crippen molar-refractivity contribution >= 4 is 11.8 Å². The molecule has 0 fully saturated rings. The second-order valence-corrected chi connectivity index (χ2v) is 5.49. The molecule has 2 aromatic rings. The Balaban J connectivity index is 1.66. The van der Waals surface area contributed by atoms with Crippen molar-refractivity contribution < 1.29 is 18.7 Å². The molecular weight excluding hydrogens is 323 g/mol. The summed E-state index contributed by atoms with van der Waals surface area (Å²) >= 11 is 0. The van der Waals surface area contributed by atoms with Crippen LogP contribution in [0.15, 0.2) is 48.5 Å². The second kappa shape index (κ2) is 9.42. The maximum Gasteiger partial charge on any atom is 0.276 e. The van der Waals surface area contributed by atoms with Gasteiger partial charge in [-0.2, -0.15) is 0 Å². The van der Waals surface area contributed by atoms with Crippen molar-refractivity contribution in [3.05, 3.63) is 65.5 Å². The Morgan fingerprint density at radius 1 is 0.960 bits per heavy atom. The van der Waals surface area contributed by atoms with Crippen LogP contribution in [0.1, 0.15) is 24.5 Å². The predicted molar refractivity (Wildman–Crippen MR) is 92.3 cm³/mol. The molecule has 6 heteroatoms. The molecule has 2 aromatic carbocycles. The van der Waals surface area contributed by atoms with Crippen molar-refractivity contribution in [1.29, 1.82) is 0 Å². The molecule has 2 rings (SSSR count). The molecule has 0 aliphatic heterocycles. The lowest BCUT2D eigenvalue weighted by Gasteiger charge is -2.09. The van der Waals surface area contributed by atoms with E-state index in [2.05, 4.69) is 17.8 Å². The summed E-state index contributed by atoms with van der Waals surface area (Å²) < 4.78 is 18.4. The van der Waals surface area contributed by atoms with Gasteiger partial charge in [-0.1, -0.05) is 43.3 Å². The third kappa shape index (κ3) is 6.25. The molecule has 0 saturated carbocycles. The summed E-state index contributed by atoms with van der Waals surface area (Å²) in [6.07, 6.45) is 1.80. The van der Waals surface area contributed by atoms with E-state index in [0.29, 0.717) is 6.42 Å². The normalized spacial score (nSPS) is 10.2. The number of rotatable bonds is 7. The molecule has 0 radical (unpaired) electrons. The summed E-state index contributed by atoms with van der Waals surface area (Å²) in [7, 11) is 0. The minimum absolute atomic E-state index is 0.0143. The molecule has 0 saturated heterocycles. The van der Waals surface area contributed by atoms with Gasteiger partial charge in [0.15, 0.2) is 18.2 Å². The number of carbonyl (C=O) groups is 2. The topological polar surface area (TPSA) is 67.4 Å². The molecule has 0 spiro atoms. The molecule has 0 atom stereocenters. The van der Waals surface area contributed by atoms with E-state index in [1.54, 1.807) is 6.07 Å². The lowest BCUT2D eigenvalue weighted by atomic mass is 10.1. The van der Waals surface area contributed by atoms with Crippen LogP contribution in [-0.4, -0.2) is 18.4 Å². The molecule has 0 aliphatic carbocycles. The Kier molecular flexibility index (Phi) is 6.95. The zero-order valence-corrected chi connectivity index (χ0v) is 14.0. The number of hydrazine groups is 1. The van der Waals surface area contributed by atoms with Gasteiger partial charge in [-0.25, -0.2) is 4.39 Å². The number of benzene rings is 2. The molecule has 0 aliphatic rings. The molecule has 2 N–H and O–H groups in total. The van der Waals surface area contributed by atoms with Gasteiger partial charge in [-0.15, -0.1) is 0 Å². The predicted octanol–water partition coefficient (Wildman–Crippen LogP) is 2.55. The van der Waals surface area contributed by atoms with Crippen LogP contribution >= 0.6 is 0 Å². The van der Waals surface area contributed by atoms with Gasteiger partial charge in [0.2, 0.25) is 5.91 Å². The summed E-state index contributed by atoms with van der Waals surface area (Å²) in [5.41, 5.74) is 6.86. The van der Waals surface area contributed by atoms with Gasteiger partial charge >= 0.3 is 0 Å². The number of hydrogen-bond donors (Lipinski definition) is 2. The van der Waals surface area contributed by atoms with Gasteiger partial charge in [0, 0.05) is 6.42 Å². The SMILES string of the molecule is CCc1ccc(CCC(=O)NNC(=O)COc2ccccc2F)cc1. The Morgan fingerprint density at radius 2 is 1.60 bits per heavy atom. The van der Waals surface area contributed by atoms with E-state index in [4.69, 9.17) is 4.74 Å². The Morgan fingerprint density at radius 3 is 2.28 bits per heavy atom. The van der Waals surface area contributed by atoms with E-state index in [1.165, 1.54) is 23.8 Å². The third-order valence-corrected chi connectivity index (χ3v) is 3.61. The standard InChI is InChI=1S/C19H21FN2O3/c1-2-14-7-9-15(10-8-14)11-12-18(23)21-22-19(24)13-25-17-6-4-3-5-16(17)20/h3-10H,2,11-13H2,1H3,(H,21,23)(H,22,24). The van der Waals surface area contributed by atoms with Crippen LogP contribution in [-0.2, 0) is 22.4 Å².